The van der Waals surface area contributed by atoms with E-state index in [4.69, 9.17) is 9.47 Å². The summed E-state index contributed by atoms with van der Waals surface area (Å²) in [6.07, 6.45) is 0. The third-order valence-corrected chi connectivity index (χ3v) is 7.23. The molecule has 0 unspecified atom stereocenters. The average molecular weight is 414 g/mol. The van der Waals surface area contributed by atoms with Crippen molar-refractivity contribution in [2.45, 2.75) is 12.1 Å². The Morgan fingerprint density at radius 2 is 1.96 bits per heavy atom. The first-order valence-electron chi connectivity index (χ1n) is 8.38. The molecule has 1 aromatic rings. The largest absolute Gasteiger partial charge is 0.493 e. The molecule has 0 spiro atoms. The fourth-order valence-electron chi connectivity index (χ4n) is 3.17. The van der Waals surface area contributed by atoms with Gasteiger partial charge in [-0.3, -0.25) is 9.79 Å². The summed E-state index contributed by atoms with van der Waals surface area (Å²) in [5, 5.41) is 0.655. The van der Waals surface area contributed by atoms with E-state index in [9.17, 15) is 13.2 Å². The summed E-state index contributed by atoms with van der Waals surface area (Å²) in [5.74, 6) is 1.42. The minimum absolute atomic E-state index is 0.0281. The average Bonchev–Trinajstić information content (AvgIpc) is 3.09. The zero-order valence-corrected chi connectivity index (χ0v) is 17.3. The molecule has 2 atom stereocenters. The lowest BCUT2D eigenvalue weighted by Crippen LogP contribution is -2.39. The highest BCUT2D eigenvalue weighted by Crippen LogP contribution is 2.38. The monoisotopic (exact) mass is 413 g/mol. The Hall–Kier alpha value is -1.94. The Morgan fingerprint density at radius 3 is 2.59 bits per heavy atom. The number of nitrogens with zero attached hydrogens (tertiary/aromatic N) is 3. The van der Waals surface area contributed by atoms with Crippen molar-refractivity contribution >= 4 is 38.4 Å². The SMILES string of the molecule is COc1ccc(N2C(SCC(=O)N(C)C)=N[C@@H]3CS(=O)(=O)C[C@H]32)cc1OC. The molecule has 8 nitrogen and oxygen atoms in total. The number of methoxy groups -OCH3 is 2. The van der Waals surface area contributed by atoms with Gasteiger partial charge >= 0.3 is 0 Å². The summed E-state index contributed by atoms with van der Waals surface area (Å²) in [5.41, 5.74) is 0.765. The van der Waals surface area contributed by atoms with Crippen LogP contribution in [-0.4, -0.2) is 82.0 Å². The molecule has 2 aliphatic rings. The minimum atomic E-state index is -3.13. The zero-order valence-electron chi connectivity index (χ0n) is 15.7. The number of carbonyl (C=O) groups excluding carboxylic acids is 1. The van der Waals surface area contributed by atoms with Gasteiger partial charge in [0, 0.05) is 25.8 Å². The van der Waals surface area contributed by atoms with Gasteiger partial charge < -0.3 is 19.3 Å². The standard InChI is InChI=1S/C17H23N3O5S2/c1-19(2)16(21)8-26-17-18-12-9-27(22,23)10-13(12)20(17)11-5-6-14(24-3)15(7-11)25-4/h5-7,12-13H,8-10H2,1-4H3/t12-,13-/m1/s1. The number of amides is 1. The topological polar surface area (TPSA) is 88.5 Å². The van der Waals surface area contributed by atoms with Gasteiger partial charge in [0.25, 0.3) is 0 Å². The molecule has 0 N–H and O–H groups in total. The highest BCUT2D eigenvalue weighted by molar-refractivity contribution is 8.14. The molecule has 0 bridgehead atoms. The third kappa shape index (κ3) is 4.01. The molecular formula is C17H23N3O5S2. The second kappa shape index (κ2) is 7.59. The van der Waals surface area contributed by atoms with Crippen LogP contribution >= 0.6 is 11.8 Å². The van der Waals surface area contributed by atoms with Crippen LogP contribution in [-0.2, 0) is 14.6 Å². The van der Waals surface area contributed by atoms with Crippen LogP contribution in [0.5, 0.6) is 11.5 Å². The highest BCUT2D eigenvalue weighted by Gasteiger charge is 2.47. The maximum Gasteiger partial charge on any atom is 0.232 e. The van der Waals surface area contributed by atoms with E-state index in [-0.39, 0.29) is 35.2 Å². The van der Waals surface area contributed by atoms with Crippen molar-refractivity contribution in [1.82, 2.24) is 4.90 Å². The van der Waals surface area contributed by atoms with Gasteiger partial charge in [-0.15, -0.1) is 0 Å². The van der Waals surface area contributed by atoms with E-state index in [2.05, 4.69) is 4.99 Å². The van der Waals surface area contributed by atoms with Crippen LogP contribution in [0.3, 0.4) is 0 Å². The second-order valence-corrected chi connectivity index (χ2v) is 9.71. The molecule has 1 fully saturated rings. The van der Waals surface area contributed by atoms with Crippen LogP contribution in [0.4, 0.5) is 5.69 Å². The molecule has 1 amide bonds. The summed E-state index contributed by atoms with van der Waals surface area (Å²) in [4.78, 5) is 20.0. The predicted molar refractivity (Wildman–Crippen MR) is 107 cm³/mol. The number of amidine groups is 1. The van der Waals surface area contributed by atoms with Crippen LogP contribution in [0.15, 0.2) is 23.2 Å². The molecule has 1 aromatic carbocycles. The first kappa shape index (κ1) is 19.8. The van der Waals surface area contributed by atoms with Crippen molar-refractivity contribution in [3.05, 3.63) is 18.2 Å². The van der Waals surface area contributed by atoms with E-state index in [0.29, 0.717) is 16.7 Å². The number of hydrogen-bond donors (Lipinski definition) is 0. The Labute approximate surface area is 163 Å². The molecule has 10 heteroatoms. The molecule has 2 heterocycles. The zero-order chi connectivity index (χ0) is 19.8. The van der Waals surface area contributed by atoms with Crippen molar-refractivity contribution in [2.24, 2.45) is 4.99 Å². The van der Waals surface area contributed by atoms with Gasteiger partial charge in [-0.2, -0.15) is 0 Å². The van der Waals surface area contributed by atoms with Gasteiger partial charge in [-0.05, 0) is 12.1 Å². The molecule has 1 saturated heterocycles. The van der Waals surface area contributed by atoms with E-state index in [1.807, 2.05) is 11.0 Å². The lowest BCUT2D eigenvalue weighted by Gasteiger charge is -2.27. The molecule has 27 heavy (non-hydrogen) atoms. The Kier molecular flexibility index (Phi) is 5.57. The summed E-state index contributed by atoms with van der Waals surface area (Å²) < 4.78 is 34.9. The summed E-state index contributed by atoms with van der Waals surface area (Å²) in [7, 11) is 3.38. The molecule has 3 rings (SSSR count). The second-order valence-electron chi connectivity index (χ2n) is 6.61. The number of thioether (sulfide) groups is 1. The molecule has 148 valence electrons. The third-order valence-electron chi connectivity index (χ3n) is 4.58. The van der Waals surface area contributed by atoms with E-state index in [0.717, 1.165) is 5.69 Å². The molecule has 0 aromatic heterocycles. The number of sulfone groups is 1. The van der Waals surface area contributed by atoms with Crippen molar-refractivity contribution in [3.8, 4) is 11.5 Å². The molecule has 0 saturated carbocycles. The Balaban J connectivity index is 1.93. The molecule has 2 aliphatic heterocycles. The van der Waals surface area contributed by atoms with E-state index >= 15 is 0 Å². The number of ether oxygens (including phenoxy) is 2. The van der Waals surface area contributed by atoms with E-state index in [1.165, 1.54) is 16.7 Å². The van der Waals surface area contributed by atoms with Gasteiger partial charge in [-0.25, -0.2) is 8.42 Å². The van der Waals surface area contributed by atoms with Crippen molar-refractivity contribution in [1.29, 1.82) is 0 Å². The van der Waals surface area contributed by atoms with Crippen LogP contribution < -0.4 is 14.4 Å². The first-order chi connectivity index (χ1) is 12.8. The fraction of sp³-hybridized carbons (Fsp3) is 0.529. The number of rotatable bonds is 5. The van der Waals surface area contributed by atoms with E-state index < -0.39 is 9.84 Å². The van der Waals surface area contributed by atoms with Crippen LogP contribution in [0.1, 0.15) is 0 Å². The molecule has 0 radical (unpaired) electrons. The number of carbonyl (C=O) groups is 1. The summed E-state index contributed by atoms with van der Waals surface area (Å²) in [6.45, 7) is 0. The van der Waals surface area contributed by atoms with Gasteiger partial charge in [0.05, 0.1) is 43.6 Å². The first-order valence-corrected chi connectivity index (χ1v) is 11.2. The number of fused-ring (bicyclic) bond motifs is 1. The number of benzene rings is 1. The maximum absolute atomic E-state index is 12.1. The molecular weight excluding hydrogens is 390 g/mol. The van der Waals surface area contributed by atoms with Crippen LogP contribution in [0, 0.1) is 0 Å². The Morgan fingerprint density at radius 1 is 1.26 bits per heavy atom. The summed E-state index contributed by atoms with van der Waals surface area (Å²) in [6, 6.07) is 4.83. The minimum Gasteiger partial charge on any atom is -0.493 e. The van der Waals surface area contributed by atoms with Crippen molar-refractivity contribution in [2.75, 3.05) is 50.5 Å². The normalized spacial score (nSPS) is 23.0. The summed E-state index contributed by atoms with van der Waals surface area (Å²) >= 11 is 1.32. The van der Waals surface area contributed by atoms with Gasteiger partial charge in [0.2, 0.25) is 5.91 Å². The lowest BCUT2D eigenvalue weighted by atomic mass is 10.1. The molecule has 0 aliphatic carbocycles. The maximum atomic E-state index is 12.1. The lowest BCUT2D eigenvalue weighted by molar-refractivity contribution is -0.125. The van der Waals surface area contributed by atoms with Gasteiger partial charge in [-0.1, -0.05) is 11.8 Å². The number of aliphatic imine (C=N–C) groups is 1. The van der Waals surface area contributed by atoms with Crippen LogP contribution in [0.2, 0.25) is 0 Å². The van der Waals surface area contributed by atoms with Crippen LogP contribution in [0.25, 0.3) is 0 Å². The fourth-order valence-corrected chi connectivity index (χ4v) is 6.11. The van der Waals surface area contributed by atoms with Crippen molar-refractivity contribution in [3.63, 3.8) is 0 Å². The van der Waals surface area contributed by atoms with E-state index in [1.54, 1.807) is 40.4 Å². The smallest absolute Gasteiger partial charge is 0.232 e. The van der Waals surface area contributed by atoms with Gasteiger partial charge in [0.15, 0.2) is 26.5 Å². The highest BCUT2D eigenvalue weighted by atomic mass is 32.2. The number of anilines is 1. The number of hydrogen-bond acceptors (Lipinski definition) is 8. The quantitative estimate of drug-likeness (QED) is 0.708. The van der Waals surface area contributed by atoms with Crippen molar-refractivity contribution < 1.29 is 22.7 Å². The Bertz CT molecular complexity index is 869. The predicted octanol–water partition coefficient (Wildman–Crippen LogP) is 0.867. The van der Waals surface area contributed by atoms with Gasteiger partial charge in [0.1, 0.15) is 0 Å².